The van der Waals surface area contributed by atoms with Crippen LogP contribution in [0.3, 0.4) is 0 Å². The molecule has 0 fully saturated rings. The molecule has 184 valence electrons. The van der Waals surface area contributed by atoms with E-state index in [1.807, 2.05) is 42.5 Å². The molecule has 2 heterocycles. The Labute approximate surface area is 211 Å². The van der Waals surface area contributed by atoms with E-state index in [1.54, 1.807) is 24.3 Å². The Morgan fingerprint density at radius 3 is 2.44 bits per heavy atom. The maximum atomic E-state index is 12.9. The number of halogens is 1. The fraction of sp³-hybridized carbons (Fsp3) is 0.154. The molecule has 0 bridgehead atoms. The first kappa shape index (κ1) is 24.9. The summed E-state index contributed by atoms with van der Waals surface area (Å²) in [6.07, 6.45) is -0.0967. The number of pyridine rings is 1. The standard InChI is InChI=1S/C26H23ClN4O5/c27-19-5-3-4-18(13-19)17-9-7-16(8-10-17)12-20(14-22(32)26(35)36)29-25(34)21-15-24(33)31(30-21)23-6-1-2-11-28-23/h1-11,13,15,20,22,32-33H,12,14H2,(H,29,34)(H,35,36)/t20-,22-/m1/s1. The van der Waals surface area contributed by atoms with E-state index in [0.29, 0.717) is 10.8 Å². The normalized spacial score (nSPS) is 12.6. The van der Waals surface area contributed by atoms with Gasteiger partial charge in [-0.25, -0.2) is 9.78 Å². The molecule has 2 aromatic carbocycles. The van der Waals surface area contributed by atoms with Crippen molar-refractivity contribution in [1.82, 2.24) is 20.1 Å². The van der Waals surface area contributed by atoms with E-state index in [-0.39, 0.29) is 24.4 Å². The minimum atomic E-state index is -1.67. The summed E-state index contributed by atoms with van der Waals surface area (Å²) in [5.74, 6) is -1.97. The van der Waals surface area contributed by atoms with Gasteiger partial charge in [0.2, 0.25) is 5.88 Å². The molecule has 4 aromatic rings. The van der Waals surface area contributed by atoms with Crippen molar-refractivity contribution in [2.24, 2.45) is 0 Å². The lowest BCUT2D eigenvalue weighted by Crippen LogP contribution is -2.40. The Morgan fingerprint density at radius 1 is 1.00 bits per heavy atom. The van der Waals surface area contributed by atoms with Crippen LogP contribution >= 0.6 is 11.6 Å². The molecule has 2 atom stereocenters. The first-order valence-corrected chi connectivity index (χ1v) is 11.4. The van der Waals surface area contributed by atoms with Crippen LogP contribution in [0.2, 0.25) is 5.02 Å². The van der Waals surface area contributed by atoms with Gasteiger partial charge in [0.05, 0.1) is 0 Å². The summed E-state index contributed by atoms with van der Waals surface area (Å²) >= 11 is 6.08. The highest BCUT2D eigenvalue weighted by Gasteiger charge is 2.24. The molecule has 0 saturated carbocycles. The number of aliphatic hydroxyl groups is 1. The van der Waals surface area contributed by atoms with E-state index in [9.17, 15) is 19.8 Å². The van der Waals surface area contributed by atoms with Crippen molar-refractivity contribution in [2.45, 2.75) is 25.0 Å². The van der Waals surface area contributed by atoms with E-state index in [0.717, 1.165) is 21.4 Å². The molecular weight excluding hydrogens is 484 g/mol. The Hall–Kier alpha value is -4.21. The van der Waals surface area contributed by atoms with Crippen LogP contribution < -0.4 is 5.32 Å². The van der Waals surface area contributed by atoms with Crippen LogP contribution in [0.4, 0.5) is 0 Å². The smallest absolute Gasteiger partial charge is 0.332 e. The molecule has 9 nitrogen and oxygen atoms in total. The Bertz CT molecular complexity index is 1360. The zero-order valence-corrected chi connectivity index (χ0v) is 19.7. The number of nitrogens with zero attached hydrogens (tertiary/aromatic N) is 3. The molecule has 1 amide bonds. The molecular formula is C26H23ClN4O5. The second kappa shape index (κ2) is 11.0. The number of carbonyl (C=O) groups excluding carboxylic acids is 1. The average Bonchev–Trinajstić information content (AvgIpc) is 3.26. The Balaban J connectivity index is 1.51. The van der Waals surface area contributed by atoms with Crippen LogP contribution in [0, 0.1) is 0 Å². The zero-order chi connectivity index (χ0) is 25.7. The first-order valence-electron chi connectivity index (χ1n) is 11.1. The van der Waals surface area contributed by atoms with Crippen molar-refractivity contribution >= 4 is 23.5 Å². The fourth-order valence-electron chi connectivity index (χ4n) is 3.74. The average molecular weight is 507 g/mol. The number of nitrogens with one attached hydrogen (secondary N) is 1. The summed E-state index contributed by atoms with van der Waals surface area (Å²) in [7, 11) is 0. The van der Waals surface area contributed by atoms with Crippen LogP contribution in [0.5, 0.6) is 5.88 Å². The quantitative estimate of drug-likeness (QED) is 0.273. The van der Waals surface area contributed by atoms with E-state index < -0.39 is 24.0 Å². The molecule has 36 heavy (non-hydrogen) atoms. The number of carboxylic acids is 1. The van der Waals surface area contributed by atoms with Gasteiger partial charge in [-0.2, -0.15) is 9.78 Å². The lowest BCUT2D eigenvalue weighted by molar-refractivity contribution is -0.147. The Kier molecular flexibility index (Phi) is 7.62. The van der Waals surface area contributed by atoms with Gasteiger partial charge in [-0.3, -0.25) is 4.79 Å². The van der Waals surface area contributed by atoms with Gasteiger partial charge in [0, 0.05) is 29.7 Å². The zero-order valence-electron chi connectivity index (χ0n) is 19.0. The van der Waals surface area contributed by atoms with Crippen LogP contribution in [-0.4, -0.2) is 54.1 Å². The van der Waals surface area contributed by atoms with Gasteiger partial charge in [0.25, 0.3) is 5.91 Å². The summed E-state index contributed by atoms with van der Waals surface area (Å²) in [5, 5.41) is 36.8. The second-order valence-corrected chi connectivity index (χ2v) is 8.60. The van der Waals surface area contributed by atoms with E-state index in [1.165, 1.54) is 12.3 Å². The molecule has 0 radical (unpaired) electrons. The monoisotopic (exact) mass is 506 g/mol. The molecule has 0 aliphatic carbocycles. The number of aromatic nitrogens is 3. The van der Waals surface area contributed by atoms with Gasteiger partial charge in [0.1, 0.15) is 0 Å². The second-order valence-electron chi connectivity index (χ2n) is 8.16. The van der Waals surface area contributed by atoms with Crippen LogP contribution in [0.1, 0.15) is 22.5 Å². The number of benzene rings is 2. The van der Waals surface area contributed by atoms with E-state index in [4.69, 9.17) is 16.7 Å². The van der Waals surface area contributed by atoms with Gasteiger partial charge in [0.15, 0.2) is 17.6 Å². The summed E-state index contributed by atoms with van der Waals surface area (Å²) in [6.45, 7) is 0. The molecule has 4 rings (SSSR count). The number of aromatic hydroxyl groups is 1. The lowest BCUT2D eigenvalue weighted by atomic mass is 9.97. The molecule has 0 aliphatic rings. The SMILES string of the molecule is O=C(N[C@H](Cc1ccc(-c2cccc(Cl)c2)cc1)C[C@@H](O)C(=O)O)c1cc(O)n(-c2ccccn2)n1. The Morgan fingerprint density at radius 2 is 1.78 bits per heavy atom. The molecule has 2 aromatic heterocycles. The maximum Gasteiger partial charge on any atom is 0.332 e. The van der Waals surface area contributed by atoms with Crippen LogP contribution in [0.15, 0.2) is 79.0 Å². The summed E-state index contributed by atoms with van der Waals surface area (Å²) in [4.78, 5) is 28.2. The summed E-state index contributed by atoms with van der Waals surface area (Å²) in [6, 6.07) is 20.5. The summed E-state index contributed by atoms with van der Waals surface area (Å²) in [5.41, 5.74) is 2.64. The van der Waals surface area contributed by atoms with Crippen molar-refractivity contribution in [1.29, 1.82) is 0 Å². The number of carboxylic acid groups (broad SMARTS) is 1. The van der Waals surface area contributed by atoms with E-state index >= 15 is 0 Å². The van der Waals surface area contributed by atoms with Crippen molar-refractivity contribution < 1.29 is 24.9 Å². The van der Waals surface area contributed by atoms with Gasteiger partial charge < -0.3 is 20.6 Å². The van der Waals surface area contributed by atoms with Crippen LogP contribution in [-0.2, 0) is 11.2 Å². The minimum absolute atomic E-state index is 0.0794. The topological polar surface area (TPSA) is 138 Å². The minimum Gasteiger partial charge on any atom is -0.493 e. The summed E-state index contributed by atoms with van der Waals surface area (Å²) < 4.78 is 1.12. The number of hydrogen-bond donors (Lipinski definition) is 4. The van der Waals surface area contributed by atoms with Gasteiger partial charge in [-0.15, -0.1) is 0 Å². The number of aliphatic hydroxyl groups excluding tert-OH is 1. The maximum absolute atomic E-state index is 12.9. The van der Waals surface area contributed by atoms with Gasteiger partial charge >= 0.3 is 5.97 Å². The number of amides is 1. The number of hydrogen-bond acceptors (Lipinski definition) is 6. The largest absolute Gasteiger partial charge is 0.493 e. The third kappa shape index (κ3) is 6.07. The highest BCUT2D eigenvalue weighted by atomic mass is 35.5. The van der Waals surface area contributed by atoms with Crippen molar-refractivity contribution in [3.63, 3.8) is 0 Å². The highest BCUT2D eigenvalue weighted by molar-refractivity contribution is 6.30. The van der Waals surface area contributed by atoms with E-state index in [2.05, 4.69) is 15.4 Å². The van der Waals surface area contributed by atoms with Gasteiger partial charge in [-0.1, -0.05) is 54.1 Å². The molecule has 10 heteroatoms. The number of carbonyl (C=O) groups is 2. The van der Waals surface area contributed by atoms with Crippen LogP contribution in [0.25, 0.3) is 16.9 Å². The predicted molar refractivity (Wildman–Crippen MR) is 133 cm³/mol. The van der Waals surface area contributed by atoms with Crippen molar-refractivity contribution in [3.8, 4) is 22.8 Å². The number of aliphatic carboxylic acids is 1. The molecule has 4 N–H and O–H groups in total. The predicted octanol–water partition coefficient (Wildman–Crippen LogP) is 3.47. The third-order valence-corrected chi connectivity index (χ3v) is 5.75. The number of rotatable bonds is 9. The molecule has 0 unspecified atom stereocenters. The fourth-order valence-corrected chi connectivity index (χ4v) is 3.93. The highest BCUT2D eigenvalue weighted by Crippen LogP contribution is 2.24. The molecule has 0 spiro atoms. The van der Waals surface area contributed by atoms with Gasteiger partial charge in [-0.05, 0) is 47.4 Å². The lowest BCUT2D eigenvalue weighted by Gasteiger charge is -2.20. The first-order chi connectivity index (χ1) is 17.3. The van der Waals surface area contributed by atoms with Crippen molar-refractivity contribution in [3.05, 3.63) is 95.3 Å². The third-order valence-electron chi connectivity index (χ3n) is 5.51. The molecule has 0 aliphatic heterocycles. The molecule has 0 saturated heterocycles. The van der Waals surface area contributed by atoms with Crippen molar-refractivity contribution in [2.75, 3.05) is 0 Å².